The van der Waals surface area contributed by atoms with Crippen molar-refractivity contribution >= 4 is 21.3 Å². The molecule has 0 aliphatic heterocycles. The number of nitrogens with two attached hydrogens (primary N) is 2. The molecule has 2 rings (SSSR count). The minimum atomic E-state index is -3.63. The average molecular weight is 249 g/mol. The summed E-state index contributed by atoms with van der Waals surface area (Å²) in [6.07, 6.45) is 1.44. The van der Waals surface area contributed by atoms with Gasteiger partial charge < -0.3 is 11.5 Å². The highest BCUT2D eigenvalue weighted by Gasteiger charge is 2.20. The lowest BCUT2D eigenvalue weighted by Gasteiger charge is -2.06. The number of pyridine rings is 1. The van der Waals surface area contributed by atoms with Crippen LogP contribution in [0, 0.1) is 0 Å². The number of rotatable bonds is 2. The number of nitrogens with zero attached hydrogens (tertiary/aromatic N) is 1. The molecular formula is C11H11N3O2S. The van der Waals surface area contributed by atoms with Gasteiger partial charge in [0.1, 0.15) is 10.7 Å². The number of anilines is 2. The SMILES string of the molecule is Nc1ccc(S(=O)(=O)c2cccnc2N)cc1. The Morgan fingerprint density at radius 3 is 2.24 bits per heavy atom. The third kappa shape index (κ3) is 2.07. The Bertz CT molecular complexity index is 636. The van der Waals surface area contributed by atoms with Gasteiger partial charge in [-0.3, -0.25) is 0 Å². The Kier molecular flexibility index (Phi) is 2.72. The van der Waals surface area contributed by atoms with Crippen molar-refractivity contribution in [2.24, 2.45) is 0 Å². The van der Waals surface area contributed by atoms with Crippen molar-refractivity contribution in [1.82, 2.24) is 4.98 Å². The molecule has 88 valence electrons. The second-order valence-electron chi connectivity index (χ2n) is 3.46. The highest BCUT2D eigenvalue weighted by atomic mass is 32.2. The summed E-state index contributed by atoms with van der Waals surface area (Å²) in [4.78, 5) is 3.91. The monoisotopic (exact) mass is 249 g/mol. The predicted molar refractivity (Wildman–Crippen MR) is 65.0 cm³/mol. The topological polar surface area (TPSA) is 99.1 Å². The Morgan fingerprint density at radius 2 is 1.65 bits per heavy atom. The molecule has 0 bridgehead atoms. The number of sulfone groups is 1. The molecule has 17 heavy (non-hydrogen) atoms. The highest BCUT2D eigenvalue weighted by molar-refractivity contribution is 7.91. The number of aromatic nitrogens is 1. The first-order chi connectivity index (χ1) is 8.01. The van der Waals surface area contributed by atoms with Crippen molar-refractivity contribution in [2.45, 2.75) is 9.79 Å². The van der Waals surface area contributed by atoms with E-state index in [0.717, 1.165) is 0 Å². The van der Waals surface area contributed by atoms with Gasteiger partial charge in [0.2, 0.25) is 9.84 Å². The van der Waals surface area contributed by atoms with Crippen molar-refractivity contribution in [3.63, 3.8) is 0 Å². The van der Waals surface area contributed by atoms with Crippen LogP contribution in [0.2, 0.25) is 0 Å². The number of hydrogen-bond donors (Lipinski definition) is 2. The Labute approximate surface area is 99.0 Å². The van der Waals surface area contributed by atoms with Crippen LogP contribution in [0.25, 0.3) is 0 Å². The second-order valence-corrected chi connectivity index (χ2v) is 5.38. The van der Waals surface area contributed by atoms with E-state index in [1.54, 1.807) is 0 Å². The summed E-state index contributed by atoms with van der Waals surface area (Å²) in [7, 11) is -3.63. The first kappa shape index (κ1) is 11.4. The normalized spacial score (nSPS) is 11.3. The van der Waals surface area contributed by atoms with E-state index in [4.69, 9.17) is 11.5 Å². The average Bonchev–Trinajstić information content (AvgIpc) is 2.30. The summed E-state index contributed by atoms with van der Waals surface area (Å²) >= 11 is 0. The van der Waals surface area contributed by atoms with Crippen LogP contribution in [0.5, 0.6) is 0 Å². The van der Waals surface area contributed by atoms with Crippen LogP contribution in [0.1, 0.15) is 0 Å². The van der Waals surface area contributed by atoms with E-state index >= 15 is 0 Å². The largest absolute Gasteiger partial charge is 0.399 e. The maximum Gasteiger partial charge on any atom is 0.210 e. The summed E-state index contributed by atoms with van der Waals surface area (Å²) in [5.41, 5.74) is 11.6. The third-order valence-electron chi connectivity index (χ3n) is 2.28. The lowest BCUT2D eigenvalue weighted by molar-refractivity contribution is 0.596. The fourth-order valence-electron chi connectivity index (χ4n) is 1.40. The first-order valence-corrected chi connectivity index (χ1v) is 6.31. The van der Waals surface area contributed by atoms with E-state index < -0.39 is 9.84 Å². The van der Waals surface area contributed by atoms with E-state index in [-0.39, 0.29) is 15.6 Å². The van der Waals surface area contributed by atoms with Gasteiger partial charge >= 0.3 is 0 Å². The van der Waals surface area contributed by atoms with E-state index in [1.807, 2.05) is 0 Å². The Hall–Kier alpha value is -2.08. The number of hydrogen-bond acceptors (Lipinski definition) is 5. The second kappa shape index (κ2) is 4.06. The molecule has 0 atom stereocenters. The standard InChI is InChI=1S/C11H11N3O2S/c12-8-3-5-9(6-4-8)17(15,16)10-2-1-7-14-11(10)13/h1-7H,12H2,(H2,13,14). The molecule has 0 amide bonds. The van der Waals surface area contributed by atoms with Gasteiger partial charge in [-0.2, -0.15) is 0 Å². The molecule has 0 aliphatic rings. The molecule has 0 unspecified atom stereocenters. The molecule has 1 aromatic carbocycles. The zero-order valence-corrected chi connectivity index (χ0v) is 9.68. The number of nitrogen functional groups attached to an aromatic ring is 2. The molecule has 0 saturated heterocycles. The van der Waals surface area contributed by atoms with Crippen molar-refractivity contribution in [2.75, 3.05) is 11.5 Å². The molecule has 4 N–H and O–H groups in total. The zero-order valence-electron chi connectivity index (χ0n) is 8.87. The molecule has 0 saturated carbocycles. The molecule has 2 aromatic rings. The van der Waals surface area contributed by atoms with Gasteiger partial charge in [0.15, 0.2) is 0 Å². The van der Waals surface area contributed by atoms with E-state index in [1.165, 1.54) is 42.6 Å². The van der Waals surface area contributed by atoms with Gasteiger partial charge in [0.05, 0.1) is 4.90 Å². The van der Waals surface area contributed by atoms with E-state index in [0.29, 0.717) is 5.69 Å². The molecule has 5 nitrogen and oxygen atoms in total. The fraction of sp³-hybridized carbons (Fsp3) is 0. The third-order valence-corrected chi connectivity index (χ3v) is 4.10. The summed E-state index contributed by atoms with van der Waals surface area (Å²) < 4.78 is 24.4. The van der Waals surface area contributed by atoms with Crippen LogP contribution < -0.4 is 11.5 Å². The molecule has 1 heterocycles. The molecule has 0 spiro atoms. The summed E-state index contributed by atoms with van der Waals surface area (Å²) in [5, 5.41) is 0. The maximum absolute atomic E-state index is 12.2. The van der Waals surface area contributed by atoms with E-state index in [9.17, 15) is 8.42 Å². The van der Waals surface area contributed by atoms with Gasteiger partial charge in [-0.25, -0.2) is 13.4 Å². The maximum atomic E-state index is 12.2. The lowest BCUT2D eigenvalue weighted by Crippen LogP contribution is -2.06. The minimum absolute atomic E-state index is 0.00442. The van der Waals surface area contributed by atoms with Crippen molar-refractivity contribution in [3.8, 4) is 0 Å². The smallest absolute Gasteiger partial charge is 0.210 e. The fourth-order valence-corrected chi connectivity index (χ4v) is 2.74. The van der Waals surface area contributed by atoms with Gasteiger partial charge in [0.25, 0.3) is 0 Å². The Morgan fingerprint density at radius 1 is 1.00 bits per heavy atom. The van der Waals surface area contributed by atoms with Gasteiger partial charge in [0, 0.05) is 11.9 Å². The summed E-state index contributed by atoms with van der Waals surface area (Å²) in [6, 6.07) is 8.89. The summed E-state index contributed by atoms with van der Waals surface area (Å²) in [5.74, 6) is -0.00988. The molecular weight excluding hydrogens is 238 g/mol. The lowest BCUT2D eigenvalue weighted by atomic mass is 10.3. The molecule has 0 fully saturated rings. The van der Waals surface area contributed by atoms with Crippen molar-refractivity contribution in [1.29, 1.82) is 0 Å². The highest BCUT2D eigenvalue weighted by Crippen LogP contribution is 2.24. The van der Waals surface area contributed by atoms with Gasteiger partial charge in [-0.15, -0.1) is 0 Å². The van der Waals surface area contributed by atoms with Crippen molar-refractivity contribution in [3.05, 3.63) is 42.6 Å². The quantitative estimate of drug-likeness (QED) is 0.776. The van der Waals surface area contributed by atoms with Gasteiger partial charge in [-0.1, -0.05) is 0 Å². The van der Waals surface area contributed by atoms with Crippen LogP contribution >= 0.6 is 0 Å². The van der Waals surface area contributed by atoms with Gasteiger partial charge in [-0.05, 0) is 36.4 Å². The van der Waals surface area contributed by atoms with E-state index in [2.05, 4.69) is 4.98 Å². The summed E-state index contributed by atoms with van der Waals surface area (Å²) in [6.45, 7) is 0. The molecule has 6 heteroatoms. The number of benzene rings is 1. The minimum Gasteiger partial charge on any atom is -0.399 e. The van der Waals surface area contributed by atoms with Crippen LogP contribution in [0.3, 0.4) is 0 Å². The zero-order chi connectivity index (χ0) is 12.5. The Balaban J connectivity index is 2.58. The van der Waals surface area contributed by atoms with Crippen LogP contribution in [0.4, 0.5) is 11.5 Å². The first-order valence-electron chi connectivity index (χ1n) is 4.83. The molecule has 1 aromatic heterocycles. The van der Waals surface area contributed by atoms with Crippen LogP contribution in [-0.4, -0.2) is 13.4 Å². The molecule has 0 radical (unpaired) electrons. The predicted octanol–water partition coefficient (Wildman–Crippen LogP) is 1.08. The van der Waals surface area contributed by atoms with Crippen LogP contribution in [0.15, 0.2) is 52.4 Å². The van der Waals surface area contributed by atoms with Crippen molar-refractivity contribution < 1.29 is 8.42 Å². The van der Waals surface area contributed by atoms with Crippen LogP contribution in [-0.2, 0) is 9.84 Å². The molecule has 0 aliphatic carbocycles.